The summed E-state index contributed by atoms with van der Waals surface area (Å²) in [5, 5.41) is 0.755. The van der Waals surface area contributed by atoms with E-state index in [9.17, 15) is 4.79 Å². The average molecular weight is 551 g/mol. The van der Waals surface area contributed by atoms with Gasteiger partial charge in [-0.3, -0.25) is 4.79 Å². The Hall–Kier alpha value is -4.05. The molecule has 2 heterocycles. The molecule has 206 valence electrons. The molecule has 0 aliphatic rings. The molecule has 0 unspecified atom stereocenters. The Bertz CT molecular complexity index is 1340. The first kappa shape index (κ1) is 28.0. The summed E-state index contributed by atoms with van der Waals surface area (Å²) in [6.07, 6.45) is 3.30. The summed E-state index contributed by atoms with van der Waals surface area (Å²) < 4.78 is 26.2. The number of methoxy groups -OCH3 is 3. The van der Waals surface area contributed by atoms with Crippen molar-refractivity contribution in [3.63, 3.8) is 0 Å². The van der Waals surface area contributed by atoms with Crippen molar-refractivity contribution in [3.8, 4) is 17.2 Å². The molecule has 9 nitrogen and oxygen atoms in total. The van der Waals surface area contributed by atoms with E-state index in [4.69, 9.17) is 23.6 Å². The number of hydrogen-bond donors (Lipinski definition) is 0. The van der Waals surface area contributed by atoms with Crippen molar-refractivity contribution in [1.82, 2.24) is 14.3 Å². The fourth-order valence-corrected chi connectivity index (χ4v) is 4.83. The molecule has 0 atom stereocenters. The van der Waals surface area contributed by atoms with Gasteiger partial charge < -0.3 is 28.4 Å². The molecule has 0 aliphatic carbocycles. The quantitative estimate of drug-likeness (QED) is 0.220. The van der Waals surface area contributed by atoms with Crippen molar-refractivity contribution in [2.45, 2.75) is 25.8 Å². The minimum absolute atomic E-state index is 0.0565. The highest BCUT2D eigenvalue weighted by molar-refractivity contribution is 7.09. The lowest BCUT2D eigenvalue weighted by molar-refractivity contribution is -0.129. The Labute approximate surface area is 233 Å². The lowest BCUT2D eigenvalue weighted by atomic mass is 10.1. The summed E-state index contributed by atoms with van der Waals surface area (Å²) in [5.74, 6) is 3.75. The van der Waals surface area contributed by atoms with Gasteiger partial charge in [0.2, 0.25) is 11.0 Å². The first-order chi connectivity index (χ1) is 19.0. The summed E-state index contributed by atoms with van der Waals surface area (Å²) in [6, 6.07) is 17.5. The molecule has 0 fully saturated rings. The molecule has 0 bridgehead atoms. The summed E-state index contributed by atoms with van der Waals surface area (Å²) in [7, 11) is 6.71. The Balaban J connectivity index is 1.37. The van der Waals surface area contributed by atoms with Crippen molar-refractivity contribution in [2.75, 3.05) is 46.4 Å². The second-order valence-electron chi connectivity index (χ2n) is 9.03. The topological polar surface area (TPSA) is 90.2 Å². The van der Waals surface area contributed by atoms with Crippen LogP contribution in [-0.4, -0.2) is 61.6 Å². The fourth-order valence-electron chi connectivity index (χ4n) is 4.12. The number of nitrogens with zero attached hydrogens (tertiary/aromatic N) is 4. The van der Waals surface area contributed by atoms with E-state index < -0.39 is 0 Å². The number of amides is 1. The van der Waals surface area contributed by atoms with Gasteiger partial charge in [0.15, 0.2) is 11.5 Å². The van der Waals surface area contributed by atoms with Gasteiger partial charge in [-0.2, -0.15) is 4.37 Å². The highest BCUT2D eigenvalue weighted by Gasteiger charge is 2.18. The molecule has 0 saturated heterocycles. The smallest absolute Gasteiger partial charge is 0.224 e. The molecule has 0 saturated carbocycles. The largest absolute Gasteiger partial charge is 0.497 e. The van der Waals surface area contributed by atoms with E-state index in [2.05, 4.69) is 4.37 Å². The second-order valence-corrected chi connectivity index (χ2v) is 9.76. The monoisotopic (exact) mass is 550 g/mol. The number of benzene rings is 2. The van der Waals surface area contributed by atoms with Crippen molar-refractivity contribution in [3.05, 3.63) is 83.6 Å². The van der Waals surface area contributed by atoms with Crippen LogP contribution in [-0.2, 0) is 24.2 Å². The molecule has 0 spiro atoms. The Morgan fingerprint density at radius 3 is 2.54 bits per heavy atom. The summed E-state index contributed by atoms with van der Waals surface area (Å²) in [5.41, 5.74) is 2.15. The highest BCUT2D eigenvalue weighted by Crippen LogP contribution is 2.28. The van der Waals surface area contributed by atoms with Crippen LogP contribution in [0.3, 0.4) is 0 Å². The normalized spacial score (nSPS) is 10.8. The van der Waals surface area contributed by atoms with Crippen LogP contribution in [0.1, 0.15) is 29.1 Å². The lowest BCUT2D eigenvalue weighted by Crippen LogP contribution is -2.33. The number of aromatic nitrogens is 2. The van der Waals surface area contributed by atoms with Gasteiger partial charge in [-0.05, 0) is 53.9 Å². The van der Waals surface area contributed by atoms with Crippen molar-refractivity contribution in [2.24, 2.45) is 0 Å². The molecule has 1 amide bonds. The molecular weight excluding hydrogens is 516 g/mol. The van der Waals surface area contributed by atoms with Crippen LogP contribution in [0.4, 0.5) is 5.13 Å². The number of furan rings is 1. The first-order valence-electron chi connectivity index (χ1n) is 12.7. The molecule has 0 aliphatic heterocycles. The van der Waals surface area contributed by atoms with Gasteiger partial charge >= 0.3 is 0 Å². The average Bonchev–Trinajstić information content (AvgIpc) is 3.66. The third kappa shape index (κ3) is 7.73. The van der Waals surface area contributed by atoms with Crippen LogP contribution in [0.2, 0.25) is 0 Å². The van der Waals surface area contributed by atoms with E-state index in [0.29, 0.717) is 50.4 Å². The molecule has 39 heavy (non-hydrogen) atoms. The minimum atomic E-state index is 0.0565. The predicted molar refractivity (Wildman–Crippen MR) is 151 cm³/mol. The summed E-state index contributed by atoms with van der Waals surface area (Å²) >= 11 is 1.33. The molecule has 2 aromatic carbocycles. The maximum atomic E-state index is 13.0. The molecule has 2 aromatic heterocycles. The van der Waals surface area contributed by atoms with Crippen molar-refractivity contribution >= 4 is 22.6 Å². The predicted octanol–water partition coefficient (Wildman–Crippen LogP) is 4.85. The van der Waals surface area contributed by atoms with E-state index in [1.54, 1.807) is 32.5 Å². The Morgan fingerprint density at radius 2 is 1.79 bits per heavy atom. The van der Waals surface area contributed by atoms with Gasteiger partial charge in [0.1, 0.15) is 17.3 Å². The van der Waals surface area contributed by atoms with E-state index in [0.717, 1.165) is 33.6 Å². The number of anilines is 1. The van der Waals surface area contributed by atoms with Crippen LogP contribution in [0.5, 0.6) is 17.2 Å². The number of carbonyl (C=O) groups excluding carboxylic acids is 1. The van der Waals surface area contributed by atoms with Gasteiger partial charge in [0, 0.05) is 44.5 Å². The van der Waals surface area contributed by atoms with Crippen molar-refractivity contribution < 1.29 is 23.4 Å². The zero-order valence-corrected chi connectivity index (χ0v) is 23.6. The van der Waals surface area contributed by atoms with E-state index in [1.165, 1.54) is 11.5 Å². The second kappa shape index (κ2) is 13.7. The summed E-state index contributed by atoms with van der Waals surface area (Å²) in [6.45, 7) is 1.59. The third-order valence-corrected chi connectivity index (χ3v) is 7.17. The number of ether oxygens (including phenoxy) is 3. The van der Waals surface area contributed by atoms with Crippen LogP contribution in [0.15, 0.2) is 65.3 Å². The molecule has 4 aromatic rings. The lowest BCUT2D eigenvalue weighted by Gasteiger charge is -2.22. The van der Waals surface area contributed by atoms with Gasteiger partial charge in [-0.25, -0.2) is 4.98 Å². The van der Waals surface area contributed by atoms with E-state index in [-0.39, 0.29) is 5.91 Å². The van der Waals surface area contributed by atoms with Crippen LogP contribution in [0, 0.1) is 0 Å². The molecular formula is C29H34N4O5S. The molecule has 0 N–H and O–H groups in total. The number of carbonyl (C=O) groups is 1. The maximum absolute atomic E-state index is 13.0. The molecule has 10 heteroatoms. The zero-order valence-electron chi connectivity index (χ0n) is 22.8. The van der Waals surface area contributed by atoms with Crippen molar-refractivity contribution in [1.29, 1.82) is 0 Å². The zero-order chi connectivity index (χ0) is 27.6. The maximum Gasteiger partial charge on any atom is 0.224 e. The van der Waals surface area contributed by atoms with E-state index in [1.807, 2.05) is 66.5 Å². The Morgan fingerprint density at radius 1 is 0.949 bits per heavy atom. The fraction of sp³-hybridized carbons (Fsp3) is 0.345. The minimum Gasteiger partial charge on any atom is -0.497 e. The van der Waals surface area contributed by atoms with Crippen LogP contribution in [0.25, 0.3) is 0 Å². The summed E-state index contributed by atoms with van der Waals surface area (Å²) in [4.78, 5) is 21.6. The number of likely N-dealkylation sites (N-methyl/N-ethyl adjacent to an activating group) is 1. The standard InChI is InChI=1S/C29H34N4O5S/c1-32(14-12-21-10-11-25(36-3)26(18-21)37-4)28(34)13-15-33(20-24-9-6-16-38-24)29-30-27(31-39-29)19-22-7-5-8-23(17-22)35-2/h5-11,16-18H,12-15,19-20H2,1-4H3. The van der Waals surface area contributed by atoms with Gasteiger partial charge in [0.05, 0.1) is 34.1 Å². The van der Waals surface area contributed by atoms with E-state index >= 15 is 0 Å². The first-order valence-corrected chi connectivity index (χ1v) is 13.4. The highest BCUT2D eigenvalue weighted by atomic mass is 32.1. The Kier molecular flexibility index (Phi) is 9.80. The van der Waals surface area contributed by atoms with Gasteiger partial charge in [-0.15, -0.1) is 0 Å². The van der Waals surface area contributed by atoms with Crippen LogP contribution < -0.4 is 19.1 Å². The third-order valence-electron chi connectivity index (χ3n) is 6.36. The van der Waals surface area contributed by atoms with Gasteiger partial charge in [-0.1, -0.05) is 18.2 Å². The van der Waals surface area contributed by atoms with Crippen LogP contribution >= 0.6 is 11.5 Å². The molecule has 4 rings (SSSR count). The van der Waals surface area contributed by atoms with Gasteiger partial charge in [0.25, 0.3) is 0 Å². The molecule has 0 radical (unpaired) electrons. The SMILES string of the molecule is COc1cccc(Cc2nsc(N(CCC(=O)N(C)CCc3ccc(OC)c(OC)c3)Cc3ccco3)n2)c1. The number of rotatable bonds is 14. The number of hydrogen-bond acceptors (Lipinski definition) is 9.